The normalized spacial score (nSPS) is 12.9. The highest BCUT2D eigenvalue weighted by atomic mass is 79.9. The summed E-state index contributed by atoms with van der Waals surface area (Å²) in [4.78, 5) is 0. The maximum absolute atomic E-state index is 6.15. The van der Waals surface area contributed by atoms with Crippen LogP contribution >= 0.6 is 31.9 Å². The summed E-state index contributed by atoms with van der Waals surface area (Å²) in [5.74, 6) is 0. The lowest BCUT2D eigenvalue weighted by Crippen LogP contribution is -2.11. The van der Waals surface area contributed by atoms with Gasteiger partial charge in [-0.1, -0.05) is 51.6 Å². The van der Waals surface area contributed by atoms with Crippen molar-refractivity contribution in [3.63, 3.8) is 0 Å². The average molecular weight is 335 g/mol. The molecule has 84 valence electrons. The zero-order chi connectivity index (χ0) is 11.4. The Labute approximate surface area is 109 Å². The van der Waals surface area contributed by atoms with E-state index in [0.29, 0.717) is 0 Å². The summed E-state index contributed by atoms with van der Waals surface area (Å²) in [7, 11) is 0. The van der Waals surface area contributed by atoms with Gasteiger partial charge in [0.15, 0.2) is 0 Å². The van der Waals surface area contributed by atoms with Gasteiger partial charge in [-0.05, 0) is 36.6 Å². The lowest BCUT2D eigenvalue weighted by molar-refractivity contribution is 0.601. The van der Waals surface area contributed by atoms with E-state index in [4.69, 9.17) is 5.73 Å². The molecule has 1 unspecified atom stereocenters. The second kappa shape index (κ2) is 6.02. The number of aryl methyl sites for hydroxylation is 1. The Bertz CT molecular complexity index is 337. The first kappa shape index (κ1) is 13.2. The molecule has 0 fully saturated rings. The first-order valence-corrected chi connectivity index (χ1v) is 6.86. The number of unbranched alkanes of at least 4 members (excludes halogenated alkanes) is 1. The van der Waals surface area contributed by atoms with Crippen molar-refractivity contribution in [2.75, 3.05) is 0 Å². The molecule has 15 heavy (non-hydrogen) atoms. The fraction of sp³-hybridized carbons (Fsp3) is 0.500. The van der Waals surface area contributed by atoms with Crippen LogP contribution in [0.15, 0.2) is 21.1 Å². The molecule has 0 aromatic heterocycles. The summed E-state index contributed by atoms with van der Waals surface area (Å²) >= 11 is 7.11. The predicted octanol–water partition coefficient (Wildman–Crippen LogP) is 4.71. The first-order chi connectivity index (χ1) is 7.06. The first-order valence-electron chi connectivity index (χ1n) is 5.27. The van der Waals surface area contributed by atoms with Crippen molar-refractivity contribution in [2.24, 2.45) is 5.73 Å². The molecule has 1 rings (SSSR count). The quantitative estimate of drug-likeness (QED) is 0.847. The van der Waals surface area contributed by atoms with Gasteiger partial charge in [0.1, 0.15) is 0 Å². The average Bonchev–Trinajstić information content (AvgIpc) is 2.20. The SMILES string of the molecule is CCCCC(N)c1cc(Br)c(C)cc1Br. The van der Waals surface area contributed by atoms with E-state index in [1.165, 1.54) is 24.0 Å². The fourth-order valence-electron chi connectivity index (χ4n) is 1.53. The van der Waals surface area contributed by atoms with Crippen molar-refractivity contribution < 1.29 is 0 Å². The maximum Gasteiger partial charge on any atom is 0.0306 e. The van der Waals surface area contributed by atoms with Crippen LogP contribution in [0.2, 0.25) is 0 Å². The van der Waals surface area contributed by atoms with Crippen LogP contribution in [0.3, 0.4) is 0 Å². The summed E-state index contributed by atoms with van der Waals surface area (Å²) in [5.41, 5.74) is 8.58. The van der Waals surface area contributed by atoms with Crippen molar-refractivity contribution >= 4 is 31.9 Å². The molecule has 0 spiro atoms. The van der Waals surface area contributed by atoms with E-state index in [0.717, 1.165) is 15.4 Å². The van der Waals surface area contributed by atoms with Crippen LogP contribution in [0.5, 0.6) is 0 Å². The van der Waals surface area contributed by atoms with Crippen molar-refractivity contribution in [1.82, 2.24) is 0 Å². The van der Waals surface area contributed by atoms with Crippen molar-refractivity contribution in [1.29, 1.82) is 0 Å². The lowest BCUT2D eigenvalue weighted by Gasteiger charge is -2.15. The predicted molar refractivity (Wildman–Crippen MR) is 73.0 cm³/mol. The van der Waals surface area contributed by atoms with E-state index in [1.807, 2.05) is 0 Å². The molecule has 1 atom stereocenters. The van der Waals surface area contributed by atoms with Crippen molar-refractivity contribution in [2.45, 2.75) is 39.2 Å². The van der Waals surface area contributed by atoms with E-state index >= 15 is 0 Å². The smallest absolute Gasteiger partial charge is 0.0306 e. The molecular weight excluding hydrogens is 318 g/mol. The van der Waals surface area contributed by atoms with E-state index in [-0.39, 0.29) is 6.04 Å². The minimum absolute atomic E-state index is 0.135. The zero-order valence-corrected chi connectivity index (χ0v) is 12.4. The molecule has 2 N–H and O–H groups in total. The molecule has 0 saturated heterocycles. The van der Waals surface area contributed by atoms with Crippen LogP contribution in [-0.4, -0.2) is 0 Å². The van der Waals surface area contributed by atoms with E-state index in [2.05, 4.69) is 57.8 Å². The Morgan fingerprint density at radius 1 is 1.27 bits per heavy atom. The Hall–Kier alpha value is 0.140. The van der Waals surface area contributed by atoms with Crippen LogP contribution in [0.25, 0.3) is 0 Å². The Balaban J connectivity index is 2.88. The fourth-order valence-corrected chi connectivity index (χ4v) is 2.64. The summed E-state index contributed by atoms with van der Waals surface area (Å²) in [6, 6.07) is 4.38. The molecule has 1 aromatic carbocycles. The third-order valence-electron chi connectivity index (χ3n) is 2.55. The number of halogens is 2. The third-order valence-corrected chi connectivity index (χ3v) is 4.09. The molecule has 0 bridgehead atoms. The van der Waals surface area contributed by atoms with Gasteiger partial charge in [0.2, 0.25) is 0 Å². The minimum Gasteiger partial charge on any atom is -0.324 e. The van der Waals surface area contributed by atoms with Crippen LogP contribution in [0.1, 0.15) is 43.4 Å². The van der Waals surface area contributed by atoms with E-state index < -0.39 is 0 Å². The number of hydrogen-bond donors (Lipinski definition) is 1. The van der Waals surface area contributed by atoms with E-state index in [9.17, 15) is 0 Å². The lowest BCUT2D eigenvalue weighted by atomic mass is 10.0. The third kappa shape index (κ3) is 3.58. The largest absolute Gasteiger partial charge is 0.324 e. The number of benzene rings is 1. The summed E-state index contributed by atoms with van der Waals surface area (Å²) < 4.78 is 2.25. The second-order valence-corrected chi connectivity index (χ2v) is 5.58. The summed E-state index contributed by atoms with van der Waals surface area (Å²) in [6.45, 7) is 4.27. The van der Waals surface area contributed by atoms with E-state index in [1.54, 1.807) is 0 Å². The Morgan fingerprint density at radius 2 is 1.93 bits per heavy atom. The molecule has 0 aliphatic rings. The highest BCUT2D eigenvalue weighted by Gasteiger charge is 2.11. The van der Waals surface area contributed by atoms with Crippen LogP contribution in [0, 0.1) is 6.92 Å². The molecule has 0 radical (unpaired) electrons. The molecular formula is C12H17Br2N. The van der Waals surface area contributed by atoms with Gasteiger partial charge in [-0.25, -0.2) is 0 Å². The molecule has 0 amide bonds. The monoisotopic (exact) mass is 333 g/mol. The second-order valence-electron chi connectivity index (χ2n) is 3.87. The van der Waals surface area contributed by atoms with Gasteiger partial charge in [-0.15, -0.1) is 0 Å². The number of rotatable bonds is 4. The molecule has 0 aliphatic carbocycles. The van der Waals surface area contributed by atoms with Crippen LogP contribution < -0.4 is 5.73 Å². The van der Waals surface area contributed by atoms with Crippen LogP contribution in [-0.2, 0) is 0 Å². The maximum atomic E-state index is 6.15. The molecule has 0 aliphatic heterocycles. The number of hydrogen-bond acceptors (Lipinski definition) is 1. The van der Waals surface area contributed by atoms with Gasteiger partial charge >= 0.3 is 0 Å². The van der Waals surface area contributed by atoms with Crippen LogP contribution in [0.4, 0.5) is 0 Å². The molecule has 0 saturated carbocycles. The van der Waals surface area contributed by atoms with Crippen molar-refractivity contribution in [3.05, 3.63) is 32.2 Å². The number of nitrogens with two attached hydrogens (primary N) is 1. The Morgan fingerprint density at radius 3 is 2.53 bits per heavy atom. The summed E-state index contributed by atoms with van der Waals surface area (Å²) in [5, 5.41) is 0. The van der Waals surface area contributed by atoms with Gasteiger partial charge in [-0.3, -0.25) is 0 Å². The highest BCUT2D eigenvalue weighted by molar-refractivity contribution is 9.11. The summed E-state index contributed by atoms with van der Waals surface area (Å²) in [6.07, 6.45) is 3.42. The Kier molecular flexibility index (Phi) is 5.30. The molecule has 1 aromatic rings. The van der Waals surface area contributed by atoms with Gasteiger partial charge in [0, 0.05) is 15.0 Å². The molecule has 3 heteroatoms. The van der Waals surface area contributed by atoms with Gasteiger partial charge < -0.3 is 5.73 Å². The van der Waals surface area contributed by atoms with Gasteiger partial charge in [0.05, 0.1) is 0 Å². The highest BCUT2D eigenvalue weighted by Crippen LogP contribution is 2.30. The topological polar surface area (TPSA) is 26.0 Å². The minimum atomic E-state index is 0.135. The standard InChI is InChI=1S/C12H17Br2N/c1-3-4-5-12(15)9-7-10(13)8(2)6-11(9)14/h6-7,12H,3-5,15H2,1-2H3. The molecule has 1 nitrogen and oxygen atoms in total. The molecule has 0 heterocycles. The zero-order valence-electron chi connectivity index (χ0n) is 9.19. The van der Waals surface area contributed by atoms with Gasteiger partial charge in [-0.2, -0.15) is 0 Å². The van der Waals surface area contributed by atoms with Gasteiger partial charge in [0.25, 0.3) is 0 Å². The van der Waals surface area contributed by atoms with Crippen molar-refractivity contribution in [3.8, 4) is 0 Å².